The van der Waals surface area contributed by atoms with Crippen molar-refractivity contribution < 1.29 is 0 Å². The average Bonchev–Trinajstić information content (AvgIpc) is 3.28. The Balaban J connectivity index is 1.64. The highest BCUT2D eigenvalue weighted by Gasteiger charge is 2.39. The molecule has 0 bridgehead atoms. The van der Waals surface area contributed by atoms with E-state index < -0.39 is 0 Å². The van der Waals surface area contributed by atoms with Gasteiger partial charge in [0.15, 0.2) is 0 Å². The molecule has 0 aliphatic heterocycles. The maximum atomic E-state index is 3.35. The Bertz CT molecular complexity index is 520. The smallest absolute Gasteiger partial charge is 0.00172 e. The molecule has 3 rings (SSSR count). The Kier molecular flexibility index (Phi) is 4.17. The summed E-state index contributed by atoms with van der Waals surface area (Å²) in [6.45, 7) is 1.07. The summed E-state index contributed by atoms with van der Waals surface area (Å²) in [5, 5.41) is 3.35. The summed E-state index contributed by atoms with van der Waals surface area (Å²) in [6.07, 6.45) is 2.65. The summed E-state index contributed by atoms with van der Waals surface area (Å²) in [5.74, 6) is 2.29. The van der Waals surface area contributed by atoms with Gasteiger partial charge in [0.1, 0.15) is 0 Å². The van der Waals surface area contributed by atoms with Gasteiger partial charge in [-0.1, -0.05) is 60.7 Å². The number of rotatable bonds is 6. The fourth-order valence-electron chi connectivity index (χ4n) is 3.29. The van der Waals surface area contributed by atoms with Crippen LogP contribution in [0.2, 0.25) is 0 Å². The van der Waals surface area contributed by atoms with Crippen molar-refractivity contribution in [3.05, 3.63) is 71.8 Å². The topological polar surface area (TPSA) is 12.0 Å². The van der Waals surface area contributed by atoms with Crippen LogP contribution < -0.4 is 5.32 Å². The number of likely N-dealkylation sites (N-methyl/N-ethyl adjacent to an activating group) is 1. The first-order chi connectivity index (χ1) is 9.88. The third-order valence-corrected chi connectivity index (χ3v) is 4.46. The molecule has 2 aromatic carbocycles. The van der Waals surface area contributed by atoms with Gasteiger partial charge in [0, 0.05) is 6.54 Å². The van der Waals surface area contributed by atoms with Crippen LogP contribution in [-0.2, 0) is 0 Å². The molecule has 0 saturated heterocycles. The molecule has 0 spiro atoms. The Morgan fingerprint density at radius 2 is 1.65 bits per heavy atom. The minimum atomic E-state index is 0.639. The van der Waals surface area contributed by atoms with Crippen molar-refractivity contribution >= 4 is 0 Å². The third kappa shape index (κ3) is 3.10. The molecular weight excluding hydrogens is 242 g/mol. The molecule has 0 aromatic heterocycles. The molecule has 3 unspecified atom stereocenters. The molecule has 0 amide bonds. The van der Waals surface area contributed by atoms with E-state index in [0.717, 1.165) is 18.4 Å². The van der Waals surface area contributed by atoms with Crippen LogP contribution in [0.25, 0.3) is 0 Å². The zero-order valence-electron chi connectivity index (χ0n) is 12.1. The van der Waals surface area contributed by atoms with Gasteiger partial charge in [0.25, 0.3) is 0 Å². The minimum absolute atomic E-state index is 0.639. The molecule has 1 aliphatic rings. The van der Waals surface area contributed by atoms with Gasteiger partial charge >= 0.3 is 0 Å². The van der Waals surface area contributed by atoms with Gasteiger partial charge in [0.05, 0.1) is 0 Å². The van der Waals surface area contributed by atoms with Gasteiger partial charge in [-0.2, -0.15) is 0 Å². The molecule has 0 heterocycles. The standard InChI is InChI=1S/C19H23N/c1-20-14-18(15-8-4-2-5-9-15)12-17-13-19(17)16-10-6-3-7-11-16/h2-11,17-20H,12-14H2,1H3. The van der Waals surface area contributed by atoms with Crippen LogP contribution in [0.3, 0.4) is 0 Å². The van der Waals surface area contributed by atoms with E-state index in [0.29, 0.717) is 5.92 Å². The first-order valence-corrected chi connectivity index (χ1v) is 7.63. The Morgan fingerprint density at radius 1 is 1.00 bits per heavy atom. The summed E-state index contributed by atoms with van der Waals surface area (Å²) in [4.78, 5) is 0. The second-order valence-corrected chi connectivity index (χ2v) is 5.91. The molecule has 2 aromatic rings. The molecule has 0 radical (unpaired) electrons. The van der Waals surface area contributed by atoms with Crippen molar-refractivity contribution in [3.63, 3.8) is 0 Å². The minimum Gasteiger partial charge on any atom is -0.319 e. The highest BCUT2D eigenvalue weighted by Crippen LogP contribution is 2.51. The molecule has 3 atom stereocenters. The van der Waals surface area contributed by atoms with Crippen molar-refractivity contribution in [2.75, 3.05) is 13.6 Å². The monoisotopic (exact) mass is 265 g/mol. The predicted molar refractivity (Wildman–Crippen MR) is 85.0 cm³/mol. The molecule has 104 valence electrons. The lowest BCUT2D eigenvalue weighted by Crippen LogP contribution is -2.18. The van der Waals surface area contributed by atoms with Crippen molar-refractivity contribution in [1.29, 1.82) is 0 Å². The van der Waals surface area contributed by atoms with Crippen molar-refractivity contribution in [2.24, 2.45) is 5.92 Å². The number of benzene rings is 2. The fourth-order valence-corrected chi connectivity index (χ4v) is 3.29. The van der Waals surface area contributed by atoms with E-state index in [-0.39, 0.29) is 0 Å². The quantitative estimate of drug-likeness (QED) is 0.826. The van der Waals surface area contributed by atoms with Crippen LogP contribution in [0.4, 0.5) is 0 Å². The number of nitrogens with one attached hydrogen (secondary N) is 1. The van der Waals surface area contributed by atoms with Gasteiger partial charge in [0.2, 0.25) is 0 Å². The highest BCUT2D eigenvalue weighted by molar-refractivity contribution is 5.27. The van der Waals surface area contributed by atoms with E-state index in [4.69, 9.17) is 0 Å². The van der Waals surface area contributed by atoms with Crippen molar-refractivity contribution in [3.8, 4) is 0 Å². The van der Waals surface area contributed by atoms with Gasteiger partial charge in [-0.05, 0) is 48.8 Å². The summed E-state index contributed by atoms with van der Waals surface area (Å²) in [5.41, 5.74) is 2.99. The van der Waals surface area contributed by atoms with Gasteiger partial charge in [-0.3, -0.25) is 0 Å². The van der Waals surface area contributed by atoms with E-state index in [2.05, 4.69) is 73.0 Å². The fraction of sp³-hybridized carbons (Fsp3) is 0.368. The Morgan fingerprint density at radius 3 is 2.30 bits per heavy atom. The summed E-state index contributed by atoms with van der Waals surface area (Å²) >= 11 is 0. The molecule has 1 aliphatic carbocycles. The van der Waals surface area contributed by atoms with Gasteiger partial charge < -0.3 is 5.32 Å². The second-order valence-electron chi connectivity index (χ2n) is 5.91. The first-order valence-electron chi connectivity index (χ1n) is 7.63. The SMILES string of the molecule is CNCC(CC1CC1c1ccccc1)c1ccccc1. The number of hydrogen-bond acceptors (Lipinski definition) is 1. The normalized spacial score (nSPS) is 22.4. The van der Waals surface area contributed by atoms with Gasteiger partial charge in [-0.15, -0.1) is 0 Å². The van der Waals surface area contributed by atoms with E-state index in [1.54, 1.807) is 0 Å². The average molecular weight is 265 g/mol. The van der Waals surface area contributed by atoms with Gasteiger partial charge in [-0.25, -0.2) is 0 Å². The molecular formula is C19H23N. The molecule has 1 nitrogen and oxygen atoms in total. The van der Waals surface area contributed by atoms with E-state index in [9.17, 15) is 0 Å². The van der Waals surface area contributed by atoms with Crippen LogP contribution >= 0.6 is 0 Å². The van der Waals surface area contributed by atoms with Crippen LogP contribution in [0.15, 0.2) is 60.7 Å². The van der Waals surface area contributed by atoms with Crippen LogP contribution in [0, 0.1) is 5.92 Å². The maximum absolute atomic E-state index is 3.35. The summed E-state index contributed by atoms with van der Waals surface area (Å²) in [7, 11) is 2.05. The first kappa shape index (κ1) is 13.4. The lowest BCUT2D eigenvalue weighted by molar-refractivity contribution is 0.540. The zero-order valence-corrected chi connectivity index (χ0v) is 12.1. The lowest BCUT2D eigenvalue weighted by Gasteiger charge is -2.17. The predicted octanol–water partition coefficient (Wildman–Crippen LogP) is 4.18. The Hall–Kier alpha value is -1.60. The zero-order chi connectivity index (χ0) is 13.8. The summed E-state index contributed by atoms with van der Waals surface area (Å²) < 4.78 is 0. The third-order valence-electron chi connectivity index (χ3n) is 4.46. The molecule has 1 heteroatoms. The van der Waals surface area contributed by atoms with Crippen LogP contribution in [-0.4, -0.2) is 13.6 Å². The van der Waals surface area contributed by atoms with E-state index >= 15 is 0 Å². The van der Waals surface area contributed by atoms with Crippen LogP contribution in [0.1, 0.15) is 35.8 Å². The maximum Gasteiger partial charge on any atom is 0.00172 e. The molecule has 1 N–H and O–H groups in total. The van der Waals surface area contributed by atoms with Crippen LogP contribution in [0.5, 0.6) is 0 Å². The summed E-state index contributed by atoms with van der Waals surface area (Å²) in [6, 6.07) is 21.9. The molecule has 1 saturated carbocycles. The largest absolute Gasteiger partial charge is 0.319 e. The molecule has 1 fully saturated rings. The second kappa shape index (κ2) is 6.23. The van der Waals surface area contributed by atoms with E-state index in [1.165, 1.54) is 24.0 Å². The number of hydrogen-bond donors (Lipinski definition) is 1. The Labute approximate surface area is 122 Å². The molecule has 20 heavy (non-hydrogen) atoms. The van der Waals surface area contributed by atoms with Crippen molar-refractivity contribution in [2.45, 2.75) is 24.7 Å². The van der Waals surface area contributed by atoms with E-state index in [1.807, 2.05) is 0 Å². The lowest BCUT2D eigenvalue weighted by atomic mass is 9.92. The highest BCUT2D eigenvalue weighted by atomic mass is 14.8. The van der Waals surface area contributed by atoms with Crippen molar-refractivity contribution in [1.82, 2.24) is 5.32 Å².